The molecule has 0 spiro atoms. The average molecular weight is 506 g/mol. The fraction of sp³-hybridized carbons (Fsp3) is 0.500. The van der Waals surface area contributed by atoms with Crippen LogP contribution in [0.3, 0.4) is 0 Å². The molecule has 4 rings (SSSR count). The van der Waals surface area contributed by atoms with Crippen molar-refractivity contribution < 1.29 is 19.4 Å². The summed E-state index contributed by atoms with van der Waals surface area (Å²) in [6, 6.07) is 9.14. The number of nitriles is 1. The van der Waals surface area contributed by atoms with Crippen LogP contribution in [0.1, 0.15) is 57.2 Å². The number of anilines is 1. The number of aliphatic hydroxyl groups is 1. The van der Waals surface area contributed by atoms with Crippen molar-refractivity contribution in [1.29, 1.82) is 5.26 Å². The van der Waals surface area contributed by atoms with Gasteiger partial charge in [0.05, 0.1) is 12.6 Å². The molecule has 0 radical (unpaired) electrons. The van der Waals surface area contributed by atoms with Crippen LogP contribution in [0.4, 0.5) is 5.69 Å². The molecule has 9 heteroatoms. The zero-order valence-electron chi connectivity index (χ0n) is 21.6. The summed E-state index contributed by atoms with van der Waals surface area (Å²) >= 11 is 0. The van der Waals surface area contributed by atoms with Gasteiger partial charge in [0, 0.05) is 49.3 Å². The Kier molecular flexibility index (Phi) is 8.10. The van der Waals surface area contributed by atoms with Crippen molar-refractivity contribution in [3.8, 4) is 6.19 Å². The lowest BCUT2D eigenvalue weighted by Gasteiger charge is -2.35. The van der Waals surface area contributed by atoms with Crippen LogP contribution in [0.15, 0.2) is 48.8 Å². The van der Waals surface area contributed by atoms with Gasteiger partial charge in [-0.15, -0.1) is 0 Å². The van der Waals surface area contributed by atoms with Gasteiger partial charge in [0.15, 0.2) is 6.19 Å². The molecule has 2 fully saturated rings. The highest BCUT2D eigenvalue weighted by Gasteiger charge is 2.43. The zero-order valence-corrected chi connectivity index (χ0v) is 21.6. The third-order valence-electron chi connectivity index (χ3n) is 7.02. The predicted molar refractivity (Wildman–Crippen MR) is 138 cm³/mol. The van der Waals surface area contributed by atoms with E-state index < -0.39 is 24.1 Å². The Morgan fingerprint density at radius 2 is 1.92 bits per heavy atom. The minimum absolute atomic E-state index is 0.0652. The van der Waals surface area contributed by atoms with Crippen molar-refractivity contribution in [3.05, 3.63) is 59.9 Å². The van der Waals surface area contributed by atoms with Crippen molar-refractivity contribution in [3.63, 3.8) is 0 Å². The molecule has 2 saturated heterocycles. The Bertz CT molecular complexity index is 1120. The molecular weight excluding hydrogens is 470 g/mol. The van der Waals surface area contributed by atoms with E-state index in [0.29, 0.717) is 37.3 Å². The van der Waals surface area contributed by atoms with E-state index in [1.54, 1.807) is 24.5 Å². The first-order valence-electron chi connectivity index (χ1n) is 12.7. The lowest BCUT2D eigenvalue weighted by Crippen LogP contribution is -2.52. The van der Waals surface area contributed by atoms with E-state index in [2.05, 4.69) is 31.1 Å². The summed E-state index contributed by atoms with van der Waals surface area (Å²) in [5.74, 6) is -0.743. The number of nitrogens with one attached hydrogen (secondary N) is 1. The Hall–Kier alpha value is -3.48. The Morgan fingerprint density at radius 3 is 2.51 bits per heavy atom. The fourth-order valence-corrected chi connectivity index (χ4v) is 4.92. The third kappa shape index (κ3) is 6.09. The number of amides is 2. The van der Waals surface area contributed by atoms with E-state index in [1.807, 2.05) is 30.5 Å². The van der Waals surface area contributed by atoms with Crippen LogP contribution in [0.5, 0.6) is 0 Å². The topological polar surface area (TPSA) is 119 Å². The van der Waals surface area contributed by atoms with E-state index in [0.717, 1.165) is 5.56 Å². The van der Waals surface area contributed by atoms with Gasteiger partial charge < -0.3 is 15.2 Å². The van der Waals surface area contributed by atoms with Crippen LogP contribution in [-0.2, 0) is 19.7 Å². The van der Waals surface area contributed by atoms with Crippen molar-refractivity contribution in [2.45, 2.75) is 69.7 Å². The highest BCUT2D eigenvalue weighted by molar-refractivity contribution is 6.04. The van der Waals surface area contributed by atoms with Gasteiger partial charge in [-0.05, 0) is 42.0 Å². The van der Waals surface area contributed by atoms with Gasteiger partial charge >= 0.3 is 0 Å². The number of aliphatic hydroxyl groups excluding tert-OH is 1. The summed E-state index contributed by atoms with van der Waals surface area (Å²) in [6.07, 6.45) is 5.94. The quantitative estimate of drug-likeness (QED) is 0.580. The third-order valence-corrected chi connectivity index (χ3v) is 7.02. The summed E-state index contributed by atoms with van der Waals surface area (Å²) < 4.78 is 5.44. The van der Waals surface area contributed by atoms with E-state index >= 15 is 0 Å². The smallest absolute Gasteiger partial charge is 0.251 e. The number of likely N-dealkylation sites (tertiary alicyclic amines) is 1. The molecule has 196 valence electrons. The van der Waals surface area contributed by atoms with Gasteiger partial charge in [-0.1, -0.05) is 39.0 Å². The summed E-state index contributed by atoms with van der Waals surface area (Å²) in [5.41, 5.74) is 2.09. The molecule has 3 unspecified atom stereocenters. The molecule has 0 bridgehead atoms. The molecule has 0 aliphatic carbocycles. The van der Waals surface area contributed by atoms with Gasteiger partial charge in [-0.2, -0.15) is 5.26 Å². The maximum absolute atomic E-state index is 14.2. The molecule has 2 aromatic rings. The van der Waals surface area contributed by atoms with Crippen molar-refractivity contribution in [2.24, 2.45) is 0 Å². The Morgan fingerprint density at radius 1 is 1.22 bits per heavy atom. The first-order valence-corrected chi connectivity index (χ1v) is 12.7. The van der Waals surface area contributed by atoms with Gasteiger partial charge in [-0.25, -0.2) is 0 Å². The summed E-state index contributed by atoms with van der Waals surface area (Å²) in [6.45, 7) is 7.53. The first-order chi connectivity index (χ1) is 17.7. The molecule has 2 amide bonds. The molecule has 9 nitrogen and oxygen atoms in total. The molecule has 2 N–H and O–H groups in total. The normalized spacial score (nSPS) is 21.2. The highest BCUT2D eigenvalue weighted by Crippen LogP contribution is 2.33. The van der Waals surface area contributed by atoms with Gasteiger partial charge in [-0.3, -0.25) is 24.4 Å². The van der Waals surface area contributed by atoms with Crippen LogP contribution in [-0.4, -0.2) is 64.8 Å². The van der Waals surface area contributed by atoms with Gasteiger partial charge in [0.1, 0.15) is 12.1 Å². The number of ether oxygens (including phenoxy) is 1. The number of β-amino-alcohol motifs (C(OH)–C–C–N with tert-alkyl or cyclic N) is 1. The molecule has 2 aliphatic rings. The van der Waals surface area contributed by atoms with Crippen molar-refractivity contribution in [2.75, 3.05) is 24.7 Å². The SMILES string of the molecule is CC(C)(C)c1ccc(N(C(=O)C2CC(O)CN2C#N)C(C(=O)NC2CCOCC2)c2cccnc2)cc1. The average Bonchev–Trinajstić information content (AvgIpc) is 3.28. The maximum Gasteiger partial charge on any atom is 0.251 e. The van der Waals surface area contributed by atoms with Crippen molar-refractivity contribution in [1.82, 2.24) is 15.2 Å². The summed E-state index contributed by atoms with van der Waals surface area (Å²) in [4.78, 5) is 35.0. The standard InChI is InChI=1S/C28H35N5O4/c1-28(2,3)20-6-8-22(9-7-20)33(27(36)24-15-23(34)17-32(24)18-29)25(19-5-4-12-30-16-19)26(35)31-21-10-13-37-14-11-21/h4-9,12,16,21,23-25,34H,10-11,13-15,17H2,1-3H3,(H,31,35). The zero-order chi connectivity index (χ0) is 26.6. The second kappa shape index (κ2) is 11.3. The molecule has 0 saturated carbocycles. The number of hydrogen-bond donors (Lipinski definition) is 2. The number of carbonyl (C=O) groups excluding carboxylic acids is 2. The number of nitrogens with zero attached hydrogens (tertiary/aromatic N) is 4. The minimum Gasteiger partial charge on any atom is -0.391 e. The molecular formula is C28H35N5O4. The summed E-state index contributed by atoms with van der Waals surface area (Å²) in [7, 11) is 0. The minimum atomic E-state index is -1.01. The van der Waals surface area contributed by atoms with Crippen LogP contribution in [0.2, 0.25) is 0 Å². The molecule has 1 aromatic heterocycles. The number of rotatable bonds is 6. The number of hydrogen-bond acceptors (Lipinski definition) is 7. The predicted octanol–water partition coefficient (Wildman–Crippen LogP) is 2.66. The van der Waals surface area contributed by atoms with Crippen molar-refractivity contribution >= 4 is 17.5 Å². The van der Waals surface area contributed by atoms with Crippen LogP contribution < -0.4 is 10.2 Å². The summed E-state index contributed by atoms with van der Waals surface area (Å²) in [5, 5.41) is 23.0. The van der Waals surface area contributed by atoms with E-state index in [1.165, 1.54) is 9.80 Å². The first kappa shape index (κ1) is 26.6. The number of aromatic nitrogens is 1. The molecule has 1 aromatic carbocycles. The largest absolute Gasteiger partial charge is 0.391 e. The Labute approximate surface area is 218 Å². The monoisotopic (exact) mass is 505 g/mol. The number of benzene rings is 1. The molecule has 3 heterocycles. The highest BCUT2D eigenvalue weighted by atomic mass is 16.5. The second-order valence-electron chi connectivity index (χ2n) is 10.7. The van der Waals surface area contributed by atoms with Gasteiger partial charge in [0.2, 0.25) is 5.91 Å². The van der Waals surface area contributed by atoms with E-state index in [9.17, 15) is 20.0 Å². The van der Waals surface area contributed by atoms with Crippen LogP contribution in [0, 0.1) is 11.5 Å². The number of carbonyl (C=O) groups is 2. The molecule has 37 heavy (non-hydrogen) atoms. The second-order valence-corrected chi connectivity index (χ2v) is 10.7. The Balaban J connectivity index is 1.78. The lowest BCUT2D eigenvalue weighted by atomic mass is 9.87. The van der Waals surface area contributed by atoms with Gasteiger partial charge in [0.25, 0.3) is 5.91 Å². The maximum atomic E-state index is 14.2. The number of pyridine rings is 1. The van der Waals surface area contributed by atoms with E-state index in [4.69, 9.17) is 4.74 Å². The van der Waals surface area contributed by atoms with E-state index in [-0.39, 0.29) is 30.3 Å². The fourth-order valence-electron chi connectivity index (χ4n) is 4.92. The lowest BCUT2D eigenvalue weighted by molar-refractivity contribution is -0.129. The van der Waals surface area contributed by atoms with Crippen LogP contribution in [0.25, 0.3) is 0 Å². The molecule has 2 aliphatic heterocycles. The molecule has 3 atom stereocenters. The van der Waals surface area contributed by atoms with Crippen LogP contribution >= 0.6 is 0 Å².